The second-order valence-electron chi connectivity index (χ2n) is 6.20. The molecule has 0 radical (unpaired) electrons. The first-order valence-electron chi connectivity index (χ1n) is 7.74. The third-order valence-corrected chi connectivity index (χ3v) is 4.58. The number of aryl methyl sites for hydroxylation is 1. The molecule has 0 spiro atoms. The van der Waals surface area contributed by atoms with E-state index in [1.54, 1.807) is 0 Å². The molecule has 1 aromatic rings. The van der Waals surface area contributed by atoms with E-state index in [2.05, 4.69) is 36.5 Å². The molecular weight excluding hydrogens is 234 g/mol. The molecular formula is C17H25NO. The molecule has 0 amide bonds. The summed E-state index contributed by atoms with van der Waals surface area (Å²) in [6.45, 7) is 4.11. The first-order chi connectivity index (χ1) is 9.31. The largest absolute Gasteiger partial charge is 0.368 e. The van der Waals surface area contributed by atoms with Gasteiger partial charge in [-0.1, -0.05) is 55.5 Å². The highest BCUT2D eigenvalue weighted by atomic mass is 16.5. The average molecular weight is 259 g/mol. The summed E-state index contributed by atoms with van der Waals surface area (Å²) in [5, 5.41) is 3.55. The second kappa shape index (κ2) is 6.06. The number of hydrogen-bond donors (Lipinski definition) is 1. The molecule has 19 heavy (non-hydrogen) atoms. The average Bonchev–Trinajstić information content (AvgIpc) is 2.93. The number of ether oxygens (including phenoxy) is 1. The van der Waals surface area contributed by atoms with Crippen LogP contribution in [0, 0.1) is 12.8 Å². The Hall–Kier alpha value is -0.860. The van der Waals surface area contributed by atoms with Crippen molar-refractivity contribution in [2.24, 2.45) is 5.92 Å². The van der Waals surface area contributed by atoms with E-state index in [0.29, 0.717) is 6.10 Å². The van der Waals surface area contributed by atoms with Gasteiger partial charge >= 0.3 is 0 Å². The van der Waals surface area contributed by atoms with Crippen LogP contribution in [-0.2, 0) is 4.74 Å². The summed E-state index contributed by atoms with van der Waals surface area (Å²) in [4.78, 5) is 0. The van der Waals surface area contributed by atoms with Gasteiger partial charge in [0.1, 0.15) is 0 Å². The van der Waals surface area contributed by atoms with Gasteiger partial charge in [0.15, 0.2) is 0 Å². The van der Waals surface area contributed by atoms with Gasteiger partial charge in [-0.25, -0.2) is 0 Å². The topological polar surface area (TPSA) is 21.3 Å². The van der Waals surface area contributed by atoms with E-state index in [1.807, 2.05) is 0 Å². The molecule has 1 saturated carbocycles. The van der Waals surface area contributed by atoms with Crippen molar-refractivity contribution in [1.29, 1.82) is 0 Å². The fraction of sp³-hybridized carbons (Fsp3) is 0.647. The van der Waals surface area contributed by atoms with Gasteiger partial charge < -0.3 is 10.1 Å². The van der Waals surface area contributed by atoms with E-state index < -0.39 is 0 Å². The van der Waals surface area contributed by atoms with Gasteiger partial charge in [0.2, 0.25) is 0 Å². The van der Waals surface area contributed by atoms with Crippen molar-refractivity contribution in [2.45, 2.75) is 51.2 Å². The van der Waals surface area contributed by atoms with Crippen molar-refractivity contribution in [3.63, 3.8) is 0 Å². The lowest BCUT2D eigenvalue weighted by Crippen LogP contribution is -2.41. The van der Waals surface area contributed by atoms with Gasteiger partial charge in [-0.2, -0.15) is 0 Å². The smallest absolute Gasteiger partial charge is 0.0953 e. The van der Waals surface area contributed by atoms with E-state index in [9.17, 15) is 0 Å². The normalized spacial score (nSPS) is 28.7. The van der Waals surface area contributed by atoms with Gasteiger partial charge in [0.25, 0.3) is 0 Å². The first-order valence-corrected chi connectivity index (χ1v) is 7.74. The Balaban J connectivity index is 1.59. The third-order valence-electron chi connectivity index (χ3n) is 4.58. The minimum Gasteiger partial charge on any atom is -0.368 e. The number of benzene rings is 1. The molecule has 2 unspecified atom stereocenters. The summed E-state index contributed by atoms with van der Waals surface area (Å²) in [6.07, 6.45) is 7.56. The second-order valence-corrected chi connectivity index (χ2v) is 6.20. The zero-order chi connectivity index (χ0) is 13.1. The lowest BCUT2D eigenvalue weighted by atomic mass is 9.98. The number of morpholine rings is 1. The molecule has 2 atom stereocenters. The van der Waals surface area contributed by atoms with Gasteiger partial charge in [-0.3, -0.25) is 0 Å². The maximum absolute atomic E-state index is 6.31. The maximum atomic E-state index is 6.31. The molecule has 2 aliphatic rings. The lowest BCUT2D eigenvalue weighted by Gasteiger charge is -2.32. The predicted molar refractivity (Wildman–Crippen MR) is 78.2 cm³/mol. The number of nitrogens with one attached hydrogen (secondary N) is 1. The van der Waals surface area contributed by atoms with Crippen LogP contribution in [0.2, 0.25) is 0 Å². The van der Waals surface area contributed by atoms with E-state index in [-0.39, 0.29) is 6.10 Å². The van der Waals surface area contributed by atoms with Crippen LogP contribution in [0.25, 0.3) is 0 Å². The summed E-state index contributed by atoms with van der Waals surface area (Å²) in [5.74, 6) is 0.906. The van der Waals surface area contributed by atoms with E-state index in [1.165, 1.54) is 43.2 Å². The molecule has 0 bridgehead atoms. The Morgan fingerprint density at radius 3 is 2.58 bits per heavy atom. The molecule has 104 valence electrons. The van der Waals surface area contributed by atoms with Crippen LogP contribution in [0.3, 0.4) is 0 Å². The summed E-state index contributed by atoms with van der Waals surface area (Å²) in [7, 11) is 0. The van der Waals surface area contributed by atoms with Crippen LogP contribution >= 0.6 is 0 Å². The highest BCUT2D eigenvalue weighted by molar-refractivity contribution is 5.23. The Kier molecular flexibility index (Phi) is 4.19. The maximum Gasteiger partial charge on any atom is 0.0953 e. The molecule has 1 saturated heterocycles. The van der Waals surface area contributed by atoms with Crippen LogP contribution in [0.1, 0.15) is 49.3 Å². The van der Waals surface area contributed by atoms with Crippen LogP contribution in [0.15, 0.2) is 24.3 Å². The molecule has 0 aromatic heterocycles. The Morgan fingerprint density at radius 2 is 1.84 bits per heavy atom. The highest BCUT2D eigenvalue weighted by Crippen LogP contribution is 2.31. The molecule has 2 nitrogen and oxygen atoms in total. The van der Waals surface area contributed by atoms with Crippen molar-refractivity contribution in [1.82, 2.24) is 5.32 Å². The molecule has 1 aliphatic heterocycles. The van der Waals surface area contributed by atoms with Crippen molar-refractivity contribution < 1.29 is 4.74 Å². The van der Waals surface area contributed by atoms with Gasteiger partial charge in [-0.05, 0) is 24.8 Å². The molecule has 1 aromatic carbocycles. The molecule has 1 N–H and O–H groups in total. The molecule has 2 fully saturated rings. The highest BCUT2D eigenvalue weighted by Gasteiger charge is 2.26. The summed E-state index contributed by atoms with van der Waals surface area (Å²) >= 11 is 0. The Labute approximate surface area is 116 Å². The summed E-state index contributed by atoms with van der Waals surface area (Å²) in [5.41, 5.74) is 2.63. The van der Waals surface area contributed by atoms with Crippen molar-refractivity contribution in [3.8, 4) is 0 Å². The van der Waals surface area contributed by atoms with E-state index in [4.69, 9.17) is 4.74 Å². The van der Waals surface area contributed by atoms with E-state index >= 15 is 0 Å². The first kappa shape index (κ1) is 13.1. The van der Waals surface area contributed by atoms with Crippen LogP contribution in [0.4, 0.5) is 0 Å². The Morgan fingerprint density at radius 1 is 1.11 bits per heavy atom. The van der Waals surface area contributed by atoms with Crippen molar-refractivity contribution in [2.75, 3.05) is 13.1 Å². The zero-order valence-electron chi connectivity index (χ0n) is 11.9. The standard InChI is InChI=1S/C17H25NO/c1-13-6-8-15(9-7-13)17-12-18-11-16(19-17)10-14-4-2-3-5-14/h6-9,14,16-18H,2-5,10-12H2,1H3. The SMILES string of the molecule is Cc1ccc(C2CNCC(CC3CCCC3)O2)cc1. The van der Waals surface area contributed by atoms with Crippen molar-refractivity contribution >= 4 is 0 Å². The molecule has 3 rings (SSSR count). The van der Waals surface area contributed by atoms with Gasteiger partial charge in [0, 0.05) is 13.1 Å². The van der Waals surface area contributed by atoms with Crippen LogP contribution in [-0.4, -0.2) is 19.2 Å². The fourth-order valence-electron chi connectivity index (χ4n) is 3.44. The monoisotopic (exact) mass is 259 g/mol. The number of hydrogen-bond acceptors (Lipinski definition) is 2. The molecule has 1 heterocycles. The van der Waals surface area contributed by atoms with Crippen molar-refractivity contribution in [3.05, 3.63) is 35.4 Å². The third kappa shape index (κ3) is 3.37. The molecule has 1 aliphatic carbocycles. The van der Waals surface area contributed by atoms with Crippen LogP contribution < -0.4 is 5.32 Å². The fourth-order valence-corrected chi connectivity index (χ4v) is 3.44. The molecule has 2 heteroatoms. The quantitative estimate of drug-likeness (QED) is 0.895. The Bertz CT molecular complexity index is 394. The van der Waals surface area contributed by atoms with Gasteiger partial charge in [-0.15, -0.1) is 0 Å². The summed E-state index contributed by atoms with van der Waals surface area (Å²) < 4.78 is 6.31. The zero-order valence-corrected chi connectivity index (χ0v) is 11.9. The minimum absolute atomic E-state index is 0.237. The minimum atomic E-state index is 0.237. The number of rotatable bonds is 3. The van der Waals surface area contributed by atoms with Crippen LogP contribution in [0.5, 0.6) is 0 Å². The van der Waals surface area contributed by atoms with E-state index in [0.717, 1.165) is 19.0 Å². The summed E-state index contributed by atoms with van der Waals surface area (Å²) in [6, 6.07) is 8.78. The van der Waals surface area contributed by atoms with Gasteiger partial charge in [0.05, 0.1) is 12.2 Å². The lowest BCUT2D eigenvalue weighted by molar-refractivity contribution is -0.0489. The predicted octanol–water partition coefficient (Wildman–Crippen LogP) is 3.60.